The third-order valence-corrected chi connectivity index (χ3v) is 5.09. The van der Waals surface area contributed by atoms with Gasteiger partial charge < -0.3 is 15.4 Å². The number of fused-ring (bicyclic) bond motifs is 1. The van der Waals surface area contributed by atoms with Crippen LogP contribution in [0.4, 0.5) is 5.13 Å². The van der Waals surface area contributed by atoms with Crippen LogP contribution < -0.4 is 15.4 Å². The maximum absolute atomic E-state index is 12.1. The van der Waals surface area contributed by atoms with Crippen LogP contribution in [0.3, 0.4) is 0 Å². The van der Waals surface area contributed by atoms with Crippen LogP contribution in [0, 0.1) is 5.92 Å². The average Bonchev–Trinajstić information content (AvgIpc) is 2.95. The number of piperidine rings is 1. The van der Waals surface area contributed by atoms with E-state index >= 15 is 0 Å². The molecule has 2 N–H and O–H groups in total. The molecular formula is C17H23N3O2S. The summed E-state index contributed by atoms with van der Waals surface area (Å²) < 4.78 is 6.53. The number of hydrogen-bond donors (Lipinski definition) is 2. The summed E-state index contributed by atoms with van der Waals surface area (Å²) in [6, 6.07) is 5.82. The number of hydrogen-bond acceptors (Lipinski definition) is 5. The Balaban J connectivity index is 1.56. The second-order valence-corrected chi connectivity index (χ2v) is 6.89. The summed E-state index contributed by atoms with van der Waals surface area (Å²) >= 11 is 1.49. The van der Waals surface area contributed by atoms with Crippen LogP contribution in [-0.4, -0.2) is 30.6 Å². The van der Waals surface area contributed by atoms with Crippen LogP contribution in [0.25, 0.3) is 10.2 Å². The molecule has 0 unspecified atom stereocenters. The Bertz CT molecular complexity index is 665. The molecule has 1 aromatic carbocycles. The van der Waals surface area contributed by atoms with Crippen LogP contribution in [0.5, 0.6) is 5.75 Å². The van der Waals surface area contributed by atoms with E-state index in [9.17, 15) is 4.79 Å². The van der Waals surface area contributed by atoms with E-state index in [2.05, 4.69) is 15.6 Å². The lowest BCUT2D eigenvalue weighted by Gasteiger charge is -2.21. The quantitative estimate of drug-likeness (QED) is 0.850. The summed E-state index contributed by atoms with van der Waals surface area (Å²) in [5.74, 6) is 1.58. The van der Waals surface area contributed by atoms with Crippen LogP contribution >= 0.6 is 11.3 Å². The Morgan fingerprint density at radius 1 is 1.43 bits per heavy atom. The molecule has 0 spiro atoms. The van der Waals surface area contributed by atoms with Gasteiger partial charge in [-0.3, -0.25) is 4.79 Å². The number of carbonyl (C=O) groups is 1. The lowest BCUT2D eigenvalue weighted by atomic mass is 9.93. The smallest absolute Gasteiger partial charge is 0.226 e. The lowest BCUT2D eigenvalue weighted by Crippen LogP contribution is -2.28. The molecule has 1 aliphatic rings. The summed E-state index contributed by atoms with van der Waals surface area (Å²) in [6.07, 6.45) is 3.89. The Labute approximate surface area is 140 Å². The molecule has 1 saturated heterocycles. The third kappa shape index (κ3) is 4.42. The zero-order chi connectivity index (χ0) is 16.1. The molecule has 1 amide bonds. The van der Waals surface area contributed by atoms with Crippen molar-refractivity contribution in [3.05, 3.63) is 18.2 Å². The van der Waals surface area contributed by atoms with E-state index in [1.54, 1.807) is 0 Å². The van der Waals surface area contributed by atoms with Gasteiger partial charge in [-0.05, 0) is 63.4 Å². The van der Waals surface area contributed by atoms with Gasteiger partial charge in [-0.15, -0.1) is 0 Å². The number of nitrogens with one attached hydrogen (secondary N) is 2. The molecule has 0 bridgehead atoms. The second-order valence-electron chi connectivity index (χ2n) is 5.86. The van der Waals surface area contributed by atoms with Crippen LogP contribution in [0.1, 0.15) is 32.6 Å². The molecule has 23 heavy (non-hydrogen) atoms. The number of amides is 1. The Hall–Kier alpha value is -1.66. The van der Waals surface area contributed by atoms with E-state index in [0.717, 1.165) is 35.5 Å². The highest BCUT2D eigenvalue weighted by Crippen LogP contribution is 2.29. The Kier molecular flexibility index (Phi) is 5.46. The highest BCUT2D eigenvalue weighted by Gasteiger charge is 2.15. The molecular weight excluding hydrogens is 310 g/mol. The molecule has 2 aromatic rings. The van der Waals surface area contributed by atoms with Crippen molar-refractivity contribution in [2.24, 2.45) is 5.92 Å². The van der Waals surface area contributed by atoms with E-state index in [0.29, 0.717) is 24.1 Å². The first-order chi connectivity index (χ1) is 11.2. The van der Waals surface area contributed by atoms with Gasteiger partial charge in [0.1, 0.15) is 5.75 Å². The highest BCUT2D eigenvalue weighted by atomic mass is 32.1. The Morgan fingerprint density at radius 2 is 2.26 bits per heavy atom. The van der Waals surface area contributed by atoms with Crippen LogP contribution in [-0.2, 0) is 4.79 Å². The zero-order valence-corrected chi connectivity index (χ0v) is 14.2. The second kappa shape index (κ2) is 7.75. The molecule has 0 saturated carbocycles. The number of rotatable bonds is 6. The van der Waals surface area contributed by atoms with Gasteiger partial charge in [0.15, 0.2) is 5.13 Å². The normalized spacial score (nSPS) is 15.7. The summed E-state index contributed by atoms with van der Waals surface area (Å²) in [7, 11) is 0. The maximum Gasteiger partial charge on any atom is 0.226 e. The number of nitrogens with zero attached hydrogens (tertiary/aromatic N) is 1. The van der Waals surface area contributed by atoms with Gasteiger partial charge in [0.25, 0.3) is 0 Å². The molecule has 0 atom stereocenters. The number of ether oxygens (including phenoxy) is 1. The van der Waals surface area contributed by atoms with Gasteiger partial charge in [-0.1, -0.05) is 11.3 Å². The first-order valence-electron chi connectivity index (χ1n) is 8.28. The molecule has 1 aromatic heterocycles. The van der Waals surface area contributed by atoms with Crippen LogP contribution in [0.15, 0.2) is 18.2 Å². The lowest BCUT2D eigenvalue weighted by molar-refractivity contribution is -0.116. The largest absolute Gasteiger partial charge is 0.494 e. The fourth-order valence-corrected chi connectivity index (χ4v) is 3.81. The molecule has 6 heteroatoms. The van der Waals surface area contributed by atoms with Gasteiger partial charge in [-0.2, -0.15) is 0 Å². The topological polar surface area (TPSA) is 63.2 Å². The number of carbonyl (C=O) groups excluding carboxylic acids is 1. The number of anilines is 1. The van der Waals surface area contributed by atoms with Gasteiger partial charge in [0.2, 0.25) is 5.91 Å². The minimum atomic E-state index is 0.0626. The highest BCUT2D eigenvalue weighted by molar-refractivity contribution is 7.22. The molecule has 1 aliphatic heterocycles. The summed E-state index contributed by atoms with van der Waals surface area (Å²) in [6.45, 7) is 4.76. The number of aromatic nitrogens is 1. The standard InChI is InChI=1S/C17H23N3O2S/c1-2-22-13-4-5-14-15(11-13)23-17(19-14)20-16(21)6-3-12-7-9-18-10-8-12/h4-5,11-12,18H,2-3,6-10H2,1H3,(H,19,20,21). The van der Waals surface area contributed by atoms with Crippen molar-refractivity contribution in [3.8, 4) is 5.75 Å². The molecule has 5 nitrogen and oxygen atoms in total. The SMILES string of the molecule is CCOc1ccc2nc(NC(=O)CCC3CCNCC3)sc2c1. The predicted molar refractivity (Wildman–Crippen MR) is 94.2 cm³/mol. The predicted octanol–water partition coefficient (Wildman–Crippen LogP) is 3.41. The molecule has 3 rings (SSSR count). The van der Waals surface area contributed by atoms with Crippen molar-refractivity contribution in [3.63, 3.8) is 0 Å². The van der Waals surface area contributed by atoms with Gasteiger partial charge in [0, 0.05) is 6.42 Å². The van der Waals surface area contributed by atoms with E-state index < -0.39 is 0 Å². The van der Waals surface area contributed by atoms with E-state index in [4.69, 9.17) is 4.74 Å². The summed E-state index contributed by atoms with van der Waals surface area (Å²) in [4.78, 5) is 16.6. The van der Waals surface area contributed by atoms with Gasteiger partial charge in [-0.25, -0.2) is 4.98 Å². The van der Waals surface area contributed by atoms with Crippen molar-refractivity contribution in [2.45, 2.75) is 32.6 Å². The maximum atomic E-state index is 12.1. The third-order valence-electron chi connectivity index (χ3n) is 4.16. The molecule has 2 heterocycles. The number of benzene rings is 1. The fourth-order valence-electron chi connectivity index (χ4n) is 2.90. The monoisotopic (exact) mass is 333 g/mol. The Morgan fingerprint density at radius 3 is 3.04 bits per heavy atom. The summed E-state index contributed by atoms with van der Waals surface area (Å²) in [5, 5.41) is 6.96. The van der Waals surface area contributed by atoms with Crippen LogP contribution in [0.2, 0.25) is 0 Å². The average molecular weight is 333 g/mol. The van der Waals surface area contributed by atoms with E-state index in [1.807, 2.05) is 25.1 Å². The fraction of sp³-hybridized carbons (Fsp3) is 0.529. The molecule has 0 radical (unpaired) electrons. The molecule has 124 valence electrons. The molecule has 0 aliphatic carbocycles. The van der Waals surface area contributed by atoms with E-state index in [-0.39, 0.29) is 5.91 Å². The first kappa shape index (κ1) is 16.2. The van der Waals surface area contributed by atoms with Gasteiger partial charge in [0.05, 0.1) is 16.8 Å². The number of thiazole rings is 1. The minimum Gasteiger partial charge on any atom is -0.494 e. The van der Waals surface area contributed by atoms with Crippen molar-refractivity contribution < 1.29 is 9.53 Å². The van der Waals surface area contributed by atoms with Crippen molar-refractivity contribution in [1.82, 2.24) is 10.3 Å². The van der Waals surface area contributed by atoms with Crippen molar-refractivity contribution >= 4 is 32.6 Å². The van der Waals surface area contributed by atoms with Crippen molar-refractivity contribution in [1.29, 1.82) is 0 Å². The summed E-state index contributed by atoms with van der Waals surface area (Å²) in [5.41, 5.74) is 0.895. The van der Waals surface area contributed by atoms with Gasteiger partial charge >= 0.3 is 0 Å². The first-order valence-corrected chi connectivity index (χ1v) is 9.10. The molecule has 1 fully saturated rings. The minimum absolute atomic E-state index is 0.0626. The zero-order valence-electron chi connectivity index (χ0n) is 13.4. The van der Waals surface area contributed by atoms with E-state index in [1.165, 1.54) is 24.2 Å². The van der Waals surface area contributed by atoms with Crippen molar-refractivity contribution in [2.75, 3.05) is 25.0 Å².